The Morgan fingerprint density at radius 2 is 1.61 bits per heavy atom. The molecule has 4 rings (SSSR count). The number of urea groups is 1. The van der Waals surface area contributed by atoms with Crippen molar-refractivity contribution in [3.63, 3.8) is 0 Å². The first kappa shape index (κ1) is 23.4. The van der Waals surface area contributed by atoms with Crippen LogP contribution in [0.3, 0.4) is 0 Å². The average molecular weight is 462 g/mol. The number of hydrogen-bond acceptors (Lipinski definition) is 6. The quantitative estimate of drug-likeness (QED) is 0.624. The van der Waals surface area contributed by atoms with E-state index >= 15 is 0 Å². The largest absolute Gasteiger partial charge is 0.444 e. The summed E-state index contributed by atoms with van der Waals surface area (Å²) in [6.07, 6.45) is 3.13. The lowest BCUT2D eigenvalue weighted by Crippen LogP contribution is -2.47. The predicted octanol–water partition coefficient (Wildman–Crippen LogP) is 4.12. The van der Waals surface area contributed by atoms with Gasteiger partial charge < -0.3 is 9.47 Å². The van der Waals surface area contributed by atoms with E-state index in [4.69, 9.17) is 9.47 Å². The van der Waals surface area contributed by atoms with Gasteiger partial charge in [-0.15, -0.1) is 0 Å². The van der Waals surface area contributed by atoms with E-state index in [1.165, 1.54) is 4.90 Å². The number of ether oxygens (including phenoxy) is 2. The van der Waals surface area contributed by atoms with E-state index in [-0.39, 0.29) is 24.7 Å². The third-order valence-corrected chi connectivity index (χ3v) is 6.21. The van der Waals surface area contributed by atoms with Crippen LogP contribution in [-0.4, -0.2) is 67.1 Å². The fourth-order valence-corrected chi connectivity index (χ4v) is 4.88. The van der Waals surface area contributed by atoms with Crippen LogP contribution in [0, 0.1) is 0 Å². The molecule has 3 atom stereocenters. The molecular weight excluding hydrogens is 426 g/mol. The van der Waals surface area contributed by atoms with Crippen LogP contribution in [0.2, 0.25) is 0 Å². The Labute approximate surface area is 194 Å². The van der Waals surface area contributed by atoms with Crippen LogP contribution < -0.4 is 4.90 Å². The molecule has 0 bridgehead atoms. The molecule has 182 valence electrons. The topological polar surface area (TPSA) is 97.2 Å². The van der Waals surface area contributed by atoms with Crippen molar-refractivity contribution in [2.75, 3.05) is 4.90 Å². The number of amides is 4. The lowest BCUT2D eigenvalue weighted by atomic mass is 10.1. The van der Waals surface area contributed by atoms with E-state index in [0.717, 1.165) is 25.0 Å². The summed E-state index contributed by atoms with van der Waals surface area (Å²) in [4.78, 5) is 43.9. The number of carbonyl (C=O) groups is 3. The maximum Gasteiger partial charge on any atom is 0.418 e. The summed E-state index contributed by atoms with van der Waals surface area (Å²) in [5.74, 6) is 0. The van der Waals surface area contributed by atoms with Gasteiger partial charge in [0.05, 0.1) is 48.8 Å². The van der Waals surface area contributed by atoms with Crippen molar-refractivity contribution in [2.45, 2.75) is 110 Å². The normalized spacial score (nSPS) is 25.2. The molecule has 4 amide bonds. The fourth-order valence-electron chi connectivity index (χ4n) is 4.88. The molecule has 2 aliphatic heterocycles. The second kappa shape index (κ2) is 7.92. The Hall–Kier alpha value is -2.78. The summed E-state index contributed by atoms with van der Waals surface area (Å²) >= 11 is 0. The second-order valence-electron chi connectivity index (χ2n) is 11.2. The molecule has 1 saturated heterocycles. The maximum absolute atomic E-state index is 13.5. The standard InChI is InChI=1S/C23H35N5O5/c1-14-12-26-18(13-25(14)20(30)32-22(2,3)4)17(11-24-26)27-15-9-8-10-16(15)28(19(27)29)21(31)33-23(5,6)7/h11,14-16H,8-10,12-13H2,1-7H3/t14-,15?,16?/m0/s1. The number of anilines is 1. The van der Waals surface area contributed by atoms with Gasteiger partial charge >= 0.3 is 18.2 Å². The zero-order valence-electron chi connectivity index (χ0n) is 20.6. The minimum absolute atomic E-state index is 0.105. The molecule has 10 nitrogen and oxygen atoms in total. The highest BCUT2D eigenvalue weighted by molar-refractivity contribution is 6.04. The second-order valence-corrected chi connectivity index (χ2v) is 11.2. The van der Waals surface area contributed by atoms with Gasteiger partial charge in [0.25, 0.3) is 0 Å². The summed E-state index contributed by atoms with van der Waals surface area (Å²) in [6.45, 7) is 13.6. The number of hydrogen-bond donors (Lipinski definition) is 0. The molecule has 0 N–H and O–H groups in total. The number of imide groups is 1. The summed E-state index contributed by atoms with van der Waals surface area (Å²) in [5, 5.41) is 4.51. The number of nitrogens with zero attached hydrogens (tertiary/aromatic N) is 5. The maximum atomic E-state index is 13.5. The van der Waals surface area contributed by atoms with E-state index in [0.29, 0.717) is 12.2 Å². The van der Waals surface area contributed by atoms with Gasteiger partial charge in [-0.3, -0.25) is 14.5 Å². The number of fused-ring (bicyclic) bond motifs is 2. The Morgan fingerprint density at radius 3 is 2.24 bits per heavy atom. The summed E-state index contributed by atoms with van der Waals surface area (Å²) in [5.41, 5.74) is 0.111. The van der Waals surface area contributed by atoms with E-state index in [1.54, 1.807) is 36.8 Å². The van der Waals surface area contributed by atoms with Gasteiger partial charge in [0.1, 0.15) is 11.2 Å². The summed E-state index contributed by atoms with van der Waals surface area (Å²) in [7, 11) is 0. The van der Waals surface area contributed by atoms with Gasteiger partial charge in [-0.05, 0) is 67.7 Å². The first-order valence-electron chi connectivity index (χ1n) is 11.7. The Kier molecular flexibility index (Phi) is 5.61. The van der Waals surface area contributed by atoms with E-state index in [2.05, 4.69) is 5.10 Å². The molecule has 1 aromatic heterocycles. The van der Waals surface area contributed by atoms with Crippen LogP contribution in [0.1, 0.15) is 73.4 Å². The lowest BCUT2D eigenvalue weighted by molar-refractivity contribution is 0.00907. The first-order valence-corrected chi connectivity index (χ1v) is 11.7. The van der Waals surface area contributed by atoms with Gasteiger partial charge in [-0.1, -0.05) is 0 Å². The van der Waals surface area contributed by atoms with Crippen molar-refractivity contribution in [1.29, 1.82) is 0 Å². The number of rotatable bonds is 1. The number of carbonyl (C=O) groups excluding carboxylic acids is 3. The molecular formula is C23H35N5O5. The Morgan fingerprint density at radius 1 is 1.00 bits per heavy atom. The van der Waals surface area contributed by atoms with Crippen LogP contribution in [0.15, 0.2) is 6.20 Å². The van der Waals surface area contributed by atoms with Crippen LogP contribution >= 0.6 is 0 Å². The van der Waals surface area contributed by atoms with Gasteiger partial charge in [0.15, 0.2) is 0 Å². The average Bonchev–Trinajstić information content (AvgIpc) is 3.32. The summed E-state index contributed by atoms with van der Waals surface area (Å²) < 4.78 is 13.0. The van der Waals surface area contributed by atoms with Crippen molar-refractivity contribution >= 4 is 23.9 Å². The zero-order valence-corrected chi connectivity index (χ0v) is 20.6. The molecule has 2 unspecified atom stereocenters. The molecule has 33 heavy (non-hydrogen) atoms. The Bertz CT molecular complexity index is 959. The van der Waals surface area contributed by atoms with Gasteiger partial charge in [-0.2, -0.15) is 5.10 Å². The van der Waals surface area contributed by atoms with Gasteiger partial charge in [-0.25, -0.2) is 19.3 Å². The van der Waals surface area contributed by atoms with Crippen LogP contribution in [0.25, 0.3) is 0 Å². The molecule has 1 aromatic rings. The minimum atomic E-state index is -0.695. The van der Waals surface area contributed by atoms with Crippen molar-refractivity contribution in [3.8, 4) is 0 Å². The predicted molar refractivity (Wildman–Crippen MR) is 121 cm³/mol. The molecule has 10 heteroatoms. The third kappa shape index (κ3) is 4.39. The van der Waals surface area contributed by atoms with Gasteiger partial charge in [0.2, 0.25) is 0 Å². The van der Waals surface area contributed by atoms with Crippen LogP contribution in [0.4, 0.5) is 20.1 Å². The summed E-state index contributed by atoms with van der Waals surface area (Å²) in [6, 6.07) is -0.857. The van der Waals surface area contributed by atoms with E-state index in [9.17, 15) is 14.4 Å². The molecule has 1 saturated carbocycles. The SMILES string of the molecule is C[C@H]1Cn2ncc(N3C(=O)N(C(=O)OC(C)(C)C)C4CCCC43)c2CN1C(=O)OC(C)(C)C. The van der Waals surface area contributed by atoms with Crippen LogP contribution in [0.5, 0.6) is 0 Å². The minimum Gasteiger partial charge on any atom is -0.444 e. The fraction of sp³-hybridized carbons (Fsp3) is 0.739. The molecule has 3 aliphatic rings. The smallest absolute Gasteiger partial charge is 0.418 e. The number of aromatic nitrogens is 2. The van der Waals surface area contributed by atoms with E-state index < -0.39 is 29.4 Å². The molecule has 0 radical (unpaired) electrons. The molecule has 0 aromatic carbocycles. The first-order chi connectivity index (χ1) is 15.3. The monoisotopic (exact) mass is 461 g/mol. The van der Waals surface area contributed by atoms with Crippen molar-refractivity contribution < 1.29 is 23.9 Å². The van der Waals surface area contributed by atoms with Crippen molar-refractivity contribution in [1.82, 2.24) is 19.6 Å². The highest BCUT2D eigenvalue weighted by Crippen LogP contribution is 2.41. The van der Waals surface area contributed by atoms with Crippen molar-refractivity contribution in [3.05, 3.63) is 11.9 Å². The molecule has 3 heterocycles. The Balaban J connectivity index is 1.63. The molecule has 1 aliphatic carbocycles. The van der Waals surface area contributed by atoms with Crippen LogP contribution in [-0.2, 0) is 22.6 Å². The third-order valence-electron chi connectivity index (χ3n) is 6.21. The van der Waals surface area contributed by atoms with Crippen molar-refractivity contribution in [2.24, 2.45) is 0 Å². The van der Waals surface area contributed by atoms with Gasteiger partial charge in [0, 0.05) is 0 Å². The molecule has 2 fully saturated rings. The van der Waals surface area contributed by atoms with E-state index in [1.807, 2.05) is 32.4 Å². The lowest BCUT2D eigenvalue weighted by Gasteiger charge is -2.36. The highest BCUT2D eigenvalue weighted by Gasteiger charge is 2.53. The highest BCUT2D eigenvalue weighted by atomic mass is 16.6. The zero-order chi connectivity index (χ0) is 24.3. The molecule has 0 spiro atoms.